The predicted molar refractivity (Wildman–Crippen MR) is 70.3 cm³/mol. The van der Waals surface area contributed by atoms with E-state index >= 15 is 0 Å². The highest BCUT2D eigenvalue weighted by atomic mass is 16.4. The Morgan fingerprint density at radius 3 is 2.44 bits per heavy atom. The first-order chi connectivity index (χ1) is 8.63. The maximum Gasteiger partial charge on any atom is 0.306 e. The van der Waals surface area contributed by atoms with E-state index in [0.29, 0.717) is 25.3 Å². The van der Waals surface area contributed by atoms with Gasteiger partial charge in [0.25, 0.3) is 0 Å². The smallest absolute Gasteiger partial charge is 0.306 e. The molecule has 104 valence electrons. The Hall–Kier alpha value is -1.06. The highest BCUT2D eigenvalue weighted by Gasteiger charge is 2.19. The molecule has 1 saturated carbocycles. The highest BCUT2D eigenvalue weighted by Crippen LogP contribution is 2.18. The summed E-state index contributed by atoms with van der Waals surface area (Å²) < 4.78 is 0. The average molecular weight is 255 g/mol. The molecule has 2 N–H and O–H groups in total. The van der Waals surface area contributed by atoms with Gasteiger partial charge in [-0.2, -0.15) is 0 Å². The molecule has 1 fully saturated rings. The molecule has 1 aliphatic rings. The van der Waals surface area contributed by atoms with Gasteiger partial charge in [0, 0.05) is 12.5 Å². The molecule has 0 saturated heterocycles. The Morgan fingerprint density at radius 2 is 1.89 bits per heavy atom. The Morgan fingerprint density at radius 1 is 1.22 bits per heavy atom. The van der Waals surface area contributed by atoms with Gasteiger partial charge in [-0.25, -0.2) is 0 Å². The molecular weight excluding hydrogens is 230 g/mol. The Labute approximate surface area is 109 Å². The van der Waals surface area contributed by atoms with E-state index in [2.05, 4.69) is 5.32 Å². The fourth-order valence-corrected chi connectivity index (χ4v) is 2.59. The second-order valence-electron chi connectivity index (χ2n) is 5.26. The molecule has 18 heavy (non-hydrogen) atoms. The molecule has 0 aromatic rings. The molecule has 0 radical (unpaired) electrons. The number of carboxylic acids is 1. The summed E-state index contributed by atoms with van der Waals surface area (Å²) in [6.07, 6.45) is 8.11. The van der Waals surface area contributed by atoms with Crippen LogP contribution in [0.4, 0.5) is 0 Å². The largest absolute Gasteiger partial charge is 0.481 e. The van der Waals surface area contributed by atoms with Crippen LogP contribution in [0.1, 0.15) is 64.7 Å². The van der Waals surface area contributed by atoms with Gasteiger partial charge in [0.15, 0.2) is 0 Å². The Bertz CT molecular complexity index is 272. The molecule has 1 aliphatic carbocycles. The second kappa shape index (κ2) is 8.11. The number of rotatable bonds is 7. The number of carbonyl (C=O) groups is 2. The fourth-order valence-electron chi connectivity index (χ4n) is 2.59. The monoisotopic (exact) mass is 255 g/mol. The van der Waals surface area contributed by atoms with Crippen LogP contribution in [0.5, 0.6) is 0 Å². The van der Waals surface area contributed by atoms with Crippen molar-refractivity contribution >= 4 is 11.9 Å². The summed E-state index contributed by atoms with van der Waals surface area (Å²) in [5.41, 5.74) is 0. The van der Waals surface area contributed by atoms with Gasteiger partial charge >= 0.3 is 5.97 Å². The van der Waals surface area contributed by atoms with Crippen molar-refractivity contribution in [3.05, 3.63) is 0 Å². The van der Waals surface area contributed by atoms with E-state index < -0.39 is 5.97 Å². The van der Waals surface area contributed by atoms with Crippen LogP contribution in [0, 0.1) is 5.92 Å². The van der Waals surface area contributed by atoms with Crippen LogP contribution < -0.4 is 5.32 Å². The molecule has 0 unspecified atom stereocenters. The van der Waals surface area contributed by atoms with Crippen molar-refractivity contribution < 1.29 is 14.7 Å². The molecule has 4 heteroatoms. The van der Waals surface area contributed by atoms with Gasteiger partial charge in [-0.3, -0.25) is 9.59 Å². The summed E-state index contributed by atoms with van der Waals surface area (Å²) in [5, 5.41) is 12.0. The maximum atomic E-state index is 11.7. The van der Waals surface area contributed by atoms with Gasteiger partial charge in [-0.05, 0) is 25.7 Å². The average Bonchev–Trinajstić information content (AvgIpc) is 2.35. The fraction of sp³-hybridized carbons (Fsp3) is 0.857. The lowest BCUT2D eigenvalue weighted by molar-refractivity contribution is -0.142. The third kappa shape index (κ3) is 5.52. The normalized spacial score (nSPS) is 18.3. The third-order valence-corrected chi connectivity index (χ3v) is 3.68. The molecule has 0 aromatic carbocycles. The van der Waals surface area contributed by atoms with Crippen molar-refractivity contribution in [3.63, 3.8) is 0 Å². The topological polar surface area (TPSA) is 66.4 Å². The maximum absolute atomic E-state index is 11.7. The van der Waals surface area contributed by atoms with Gasteiger partial charge in [0.05, 0.1) is 5.92 Å². The lowest BCUT2D eigenvalue weighted by atomic mass is 9.94. The summed E-state index contributed by atoms with van der Waals surface area (Å²) in [5.74, 6) is -1.13. The molecule has 1 amide bonds. The number of carbonyl (C=O) groups excluding carboxylic acids is 1. The van der Waals surface area contributed by atoms with Gasteiger partial charge in [-0.15, -0.1) is 0 Å². The first-order valence-electron chi connectivity index (χ1n) is 7.15. The number of hydrogen-bond acceptors (Lipinski definition) is 2. The zero-order chi connectivity index (χ0) is 13.4. The van der Waals surface area contributed by atoms with Crippen LogP contribution in [-0.2, 0) is 9.59 Å². The molecule has 0 spiro atoms. The summed E-state index contributed by atoms with van der Waals surface area (Å²) in [6.45, 7) is 1.97. The van der Waals surface area contributed by atoms with Crippen LogP contribution in [-0.4, -0.2) is 23.0 Å². The van der Waals surface area contributed by atoms with Gasteiger partial charge in [-0.1, -0.05) is 32.6 Å². The Kier molecular flexibility index (Phi) is 6.76. The van der Waals surface area contributed by atoms with E-state index in [0.717, 1.165) is 19.3 Å². The second-order valence-corrected chi connectivity index (χ2v) is 5.26. The van der Waals surface area contributed by atoms with E-state index in [1.807, 2.05) is 6.92 Å². The summed E-state index contributed by atoms with van der Waals surface area (Å²) in [7, 11) is 0. The molecule has 0 bridgehead atoms. The quantitative estimate of drug-likeness (QED) is 0.735. The van der Waals surface area contributed by atoms with Gasteiger partial charge < -0.3 is 10.4 Å². The highest BCUT2D eigenvalue weighted by molar-refractivity contribution is 5.77. The minimum absolute atomic E-state index is 0.0178. The summed E-state index contributed by atoms with van der Waals surface area (Å²) >= 11 is 0. The van der Waals surface area contributed by atoms with Crippen LogP contribution in [0.15, 0.2) is 0 Å². The predicted octanol–water partition coefficient (Wildman–Crippen LogP) is 2.72. The van der Waals surface area contributed by atoms with Crippen molar-refractivity contribution in [1.29, 1.82) is 0 Å². The molecule has 0 aliphatic heterocycles. The zero-order valence-corrected chi connectivity index (χ0v) is 11.3. The first kappa shape index (κ1) is 15.0. The molecule has 1 atom stereocenters. The van der Waals surface area contributed by atoms with Gasteiger partial charge in [0.2, 0.25) is 5.91 Å². The minimum Gasteiger partial charge on any atom is -0.481 e. The van der Waals surface area contributed by atoms with E-state index in [1.165, 1.54) is 19.3 Å². The first-order valence-corrected chi connectivity index (χ1v) is 7.15. The molecule has 0 aromatic heterocycles. The Balaban J connectivity index is 2.24. The summed E-state index contributed by atoms with van der Waals surface area (Å²) in [4.78, 5) is 22.7. The van der Waals surface area contributed by atoms with Crippen molar-refractivity contribution in [2.45, 2.75) is 70.8 Å². The van der Waals surface area contributed by atoms with Crippen molar-refractivity contribution in [1.82, 2.24) is 5.32 Å². The van der Waals surface area contributed by atoms with Crippen molar-refractivity contribution in [2.24, 2.45) is 5.92 Å². The minimum atomic E-state index is -0.776. The standard InChI is InChI=1S/C14H25NO3/c1-2-6-11(14(17)18)9-10-13(16)15-12-7-4-3-5-8-12/h11-12H,2-10H2,1H3,(H,15,16)(H,17,18)/t11-/m1/s1. The number of aliphatic carboxylic acids is 1. The SMILES string of the molecule is CCC[C@H](CCC(=O)NC1CCCCC1)C(=O)O. The van der Waals surface area contributed by atoms with Gasteiger partial charge in [0.1, 0.15) is 0 Å². The number of hydrogen-bond donors (Lipinski definition) is 2. The number of nitrogens with one attached hydrogen (secondary N) is 1. The molecule has 0 heterocycles. The zero-order valence-electron chi connectivity index (χ0n) is 11.3. The van der Waals surface area contributed by atoms with Crippen molar-refractivity contribution in [3.8, 4) is 0 Å². The lowest BCUT2D eigenvalue weighted by Gasteiger charge is -2.23. The van der Waals surface area contributed by atoms with E-state index in [9.17, 15) is 9.59 Å². The van der Waals surface area contributed by atoms with Crippen LogP contribution in [0.3, 0.4) is 0 Å². The number of carboxylic acid groups (broad SMARTS) is 1. The third-order valence-electron chi connectivity index (χ3n) is 3.68. The van der Waals surface area contributed by atoms with Crippen molar-refractivity contribution in [2.75, 3.05) is 0 Å². The molecular formula is C14H25NO3. The summed E-state index contributed by atoms with van der Waals surface area (Å²) in [6, 6.07) is 0.320. The van der Waals surface area contributed by atoms with E-state index in [1.54, 1.807) is 0 Å². The van der Waals surface area contributed by atoms with Crippen LogP contribution >= 0.6 is 0 Å². The molecule has 4 nitrogen and oxygen atoms in total. The van der Waals surface area contributed by atoms with Crippen LogP contribution in [0.25, 0.3) is 0 Å². The lowest BCUT2D eigenvalue weighted by Crippen LogP contribution is -2.36. The number of amides is 1. The van der Waals surface area contributed by atoms with E-state index in [-0.39, 0.29) is 11.8 Å². The molecule has 1 rings (SSSR count). The van der Waals surface area contributed by atoms with Crippen LogP contribution in [0.2, 0.25) is 0 Å². The van der Waals surface area contributed by atoms with E-state index in [4.69, 9.17) is 5.11 Å².